The van der Waals surface area contributed by atoms with Crippen molar-refractivity contribution >= 4 is 23.3 Å². The monoisotopic (exact) mass is 327 g/mol. The molecule has 1 aliphatic rings. The van der Waals surface area contributed by atoms with Crippen LogP contribution in [0.2, 0.25) is 0 Å². The van der Waals surface area contributed by atoms with E-state index in [1.54, 1.807) is 12.1 Å². The number of anilines is 3. The summed E-state index contributed by atoms with van der Waals surface area (Å²) < 4.78 is 5.47. The van der Waals surface area contributed by atoms with Gasteiger partial charge in [0.2, 0.25) is 5.95 Å². The van der Waals surface area contributed by atoms with Crippen LogP contribution in [-0.2, 0) is 4.74 Å². The molecule has 24 heavy (non-hydrogen) atoms. The lowest BCUT2D eigenvalue weighted by molar-refractivity contribution is 0.0985. The molecule has 1 aromatic heterocycles. The van der Waals surface area contributed by atoms with Crippen LogP contribution in [0, 0.1) is 5.41 Å². The molecular weight excluding hydrogens is 306 g/mol. The standard InChI is InChI=1S/C16H21N7O/c1-9-8-24-5-4-23(9)14-7-13(21-16(20)22-14)10-2-3-11(15(18)19)12(17)6-10/h2-3,6-7,9H,4-5,8,17H2,1H3,(H3,18,19)(H2,20,21,22). The van der Waals surface area contributed by atoms with Crippen LogP contribution >= 0.6 is 0 Å². The summed E-state index contributed by atoms with van der Waals surface area (Å²) in [5.74, 6) is 0.905. The molecule has 0 amide bonds. The summed E-state index contributed by atoms with van der Waals surface area (Å²) in [5, 5.41) is 7.51. The summed E-state index contributed by atoms with van der Waals surface area (Å²) in [7, 11) is 0. The van der Waals surface area contributed by atoms with E-state index < -0.39 is 0 Å². The van der Waals surface area contributed by atoms with E-state index in [2.05, 4.69) is 21.8 Å². The van der Waals surface area contributed by atoms with Crippen LogP contribution in [-0.4, -0.2) is 41.6 Å². The maximum Gasteiger partial charge on any atom is 0.222 e. The van der Waals surface area contributed by atoms with Crippen molar-refractivity contribution in [2.75, 3.05) is 36.1 Å². The molecule has 0 aliphatic carbocycles. The summed E-state index contributed by atoms with van der Waals surface area (Å²) >= 11 is 0. The van der Waals surface area contributed by atoms with Crippen LogP contribution < -0.4 is 22.1 Å². The number of rotatable bonds is 3. The molecule has 1 aromatic carbocycles. The highest BCUT2D eigenvalue weighted by Gasteiger charge is 2.21. The molecule has 1 unspecified atom stereocenters. The van der Waals surface area contributed by atoms with Crippen LogP contribution in [0.15, 0.2) is 24.3 Å². The molecule has 2 aromatic rings. The van der Waals surface area contributed by atoms with Crippen molar-refractivity contribution < 1.29 is 4.74 Å². The van der Waals surface area contributed by atoms with E-state index in [-0.39, 0.29) is 17.8 Å². The molecule has 1 fully saturated rings. The Hall–Kier alpha value is -2.87. The second-order valence-electron chi connectivity index (χ2n) is 5.80. The number of benzene rings is 1. The van der Waals surface area contributed by atoms with Crippen molar-refractivity contribution in [1.29, 1.82) is 5.41 Å². The van der Waals surface area contributed by atoms with Crippen molar-refractivity contribution in [3.63, 3.8) is 0 Å². The number of morpholine rings is 1. The molecule has 1 saturated heterocycles. The van der Waals surface area contributed by atoms with E-state index in [4.69, 9.17) is 27.3 Å². The predicted molar refractivity (Wildman–Crippen MR) is 94.9 cm³/mol. The van der Waals surface area contributed by atoms with E-state index in [1.165, 1.54) is 0 Å². The van der Waals surface area contributed by atoms with E-state index in [0.717, 1.165) is 17.9 Å². The number of nitrogens with one attached hydrogen (secondary N) is 1. The Morgan fingerprint density at radius 1 is 1.29 bits per heavy atom. The first kappa shape index (κ1) is 16.0. The smallest absolute Gasteiger partial charge is 0.222 e. The maximum absolute atomic E-state index is 7.51. The molecule has 0 spiro atoms. The van der Waals surface area contributed by atoms with Gasteiger partial charge in [0.1, 0.15) is 11.7 Å². The number of amidine groups is 1. The Kier molecular flexibility index (Phi) is 4.22. The first-order valence-corrected chi connectivity index (χ1v) is 7.69. The van der Waals surface area contributed by atoms with E-state index in [0.29, 0.717) is 30.2 Å². The summed E-state index contributed by atoms with van der Waals surface area (Å²) in [6.45, 7) is 4.14. The average molecular weight is 327 g/mol. The van der Waals surface area contributed by atoms with E-state index >= 15 is 0 Å². The zero-order chi connectivity index (χ0) is 17.3. The first-order valence-electron chi connectivity index (χ1n) is 7.69. The van der Waals surface area contributed by atoms with Crippen LogP contribution in [0.5, 0.6) is 0 Å². The minimum absolute atomic E-state index is 0.0657. The van der Waals surface area contributed by atoms with Crippen molar-refractivity contribution in [3.8, 4) is 11.3 Å². The second-order valence-corrected chi connectivity index (χ2v) is 5.80. The fourth-order valence-corrected chi connectivity index (χ4v) is 2.78. The maximum atomic E-state index is 7.51. The molecule has 3 rings (SSSR count). The van der Waals surface area contributed by atoms with Gasteiger partial charge in [-0.25, -0.2) is 4.98 Å². The molecule has 0 radical (unpaired) electrons. The lowest BCUT2D eigenvalue weighted by atomic mass is 10.1. The third kappa shape index (κ3) is 3.09. The highest BCUT2D eigenvalue weighted by atomic mass is 16.5. The van der Waals surface area contributed by atoms with Gasteiger partial charge in [-0.3, -0.25) is 5.41 Å². The number of nitrogens with zero attached hydrogens (tertiary/aromatic N) is 3. The third-order valence-electron chi connectivity index (χ3n) is 4.03. The predicted octanol–water partition coefficient (Wildman–Crippen LogP) is 0.817. The molecular formula is C16H21N7O. The van der Waals surface area contributed by atoms with E-state index in [9.17, 15) is 0 Å². The molecule has 8 nitrogen and oxygen atoms in total. The number of hydrogen-bond donors (Lipinski definition) is 4. The molecule has 8 heteroatoms. The fraction of sp³-hybridized carbons (Fsp3) is 0.312. The zero-order valence-electron chi connectivity index (χ0n) is 13.5. The Labute approximate surface area is 140 Å². The molecule has 1 aliphatic heterocycles. The lowest BCUT2D eigenvalue weighted by Crippen LogP contribution is -2.44. The Morgan fingerprint density at radius 2 is 2.08 bits per heavy atom. The highest BCUT2D eigenvalue weighted by molar-refractivity contribution is 6.00. The zero-order valence-corrected chi connectivity index (χ0v) is 13.5. The van der Waals surface area contributed by atoms with Crippen LogP contribution in [0.3, 0.4) is 0 Å². The van der Waals surface area contributed by atoms with Crippen LogP contribution in [0.25, 0.3) is 11.3 Å². The van der Waals surface area contributed by atoms with Gasteiger partial charge >= 0.3 is 0 Å². The highest BCUT2D eigenvalue weighted by Crippen LogP contribution is 2.27. The molecule has 1 atom stereocenters. The topological polar surface area (TPSA) is 140 Å². The molecule has 7 N–H and O–H groups in total. The third-order valence-corrected chi connectivity index (χ3v) is 4.03. The molecule has 0 saturated carbocycles. The van der Waals surface area contributed by atoms with Crippen LogP contribution in [0.4, 0.5) is 17.5 Å². The second kappa shape index (κ2) is 6.32. The lowest BCUT2D eigenvalue weighted by Gasteiger charge is -2.34. The van der Waals surface area contributed by atoms with Gasteiger partial charge in [0, 0.05) is 29.4 Å². The van der Waals surface area contributed by atoms with Crippen molar-refractivity contribution in [1.82, 2.24) is 9.97 Å². The minimum atomic E-state index is -0.0657. The Morgan fingerprint density at radius 3 is 2.75 bits per heavy atom. The Balaban J connectivity index is 2.00. The van der Waals surface area contributed by atoms with Gasteiger partial charge in [0.15, 0.2) is 0 Å². The van der Waals surface area contributed by atoms with Gasteiger partial charge in [-0.15, -0.1) is 0 Å². The summed E-state index contributed by atoms with van der Waals surface area (Å²) in [6, 6.07) is 7.38. The number of nitrogen functional groups attached to an aromatic ring is 3. The normalized spacial score (nSPS) is 17.7. The van der Waals surface area contributed by atoms with Gasteiger partial charge in [-0.05, 0) is 19.1 Å². The summed E-state index contributed by atoms with van der Waals surface area (Å²) in [5.41, 5.74) is 19.8. The van der Waals surface area contributed by atoms with Gasteiger partial charge in [-0.2, -0.15) is 4.98 Å². The number of nitrogens with two attached hydrogens (primary N) is 3. The minimum Gasteiger partial charge on any atom is -0.398 e. The Bertz CT molecular complexity index is 777. The van der Waals surface area contributed by atoms with Crippen molar-refractivity contribution in [2.45, 2.75) is 13.0 Å². The van der Waals surface area contributed by atoms with Gasteiger partial charge < -0.3 is 26.8 Å². The molecule has 126 valence electrons. The first-order chi connectivity index (χ1) is 11.5. The van der Waals surface area contributed by atoms with E-state index in [1.807, 2.05) is 12.1 Å². The quantitative estimate of drug-likeness (QED) is 0.371. The number of ether oxygens (including phenoxy) is 1. The van der Waals surface area contributed by atoms with Gasteiger partial charge in [0.25, 0.3) is 0 Å². The SMILES string of the molecule is CC1COCCN1c1cc(-c2ccc(C(=N)N)c(N)c2)nc(N)n1. The van der Waals surface area contributed by atoms with Gasteiger partial charge in [-0.1, -0.05) is 6.07 Å². The largest absolute Gasteiger partial charge is 0.398 e. The molecule has 0 bridgehead atoms. The van der Waals surface area contributed by atoms with Crippen LogP contribution in [0.1, 0.15) is 12.5 Å². The average Bonchev–Trinajstić information content (AvgIpc) is 2.54. The summed E-state index contributed by atoms with van der Waals surface area (Å²) in [6.07, 6.45) is 0. The molecule has 2 heterocycles. The summed E-state index contributed by atoms with van der Waals surface area (Å²) in [4.78, 5) is 10.8. The van der Waals surface area contributed by atoms with Crippen molar-refractivity contribution in [2.24, 2.45) is 5.73 Å². The number of hydrogen-bond acceptors (Lipinski definition) is 7. The van der Waals surface area contributed by atoms with Crippen molar-refractivity contribution in [3.05, 3.63) is 29.8 Å². The van der Waals surface area contributed by atoms with Gasteiger partial charge in [0.05, 0.1) is 24.9 Å². The fourth-order valence-electron chi connectivity index (χ4n) is 2.78. The number of aromatic nitrogens is 2.